The van der Waals surface area contributed by atoms with Gasteiger partial charge in [-0.05, 0) is 37.1 Å². The number of nitrogens with zero attached hydrogens (tertiary/aromatic N) is 1. The fourth-order valence-electron chi connectivity index (χ4n) is 3.73. The minimum atomic E-state index is -0.485. The number of anilines is 2. The number of unbranched alkanes of at least 4 members (excludes halogenated alkanes) is 1. The maximum Gasteiger partial charge on any atom is 0.244 e. The number of carbonyl (C=O) groups is 2. The molecular weight excluding hydrogens is 486 g/mol. The lowest BCUT2D eigenvalue weighted by molar-refractivity contribution is -0.116. The number of aromatic nitrogens is 1. The molecular formula is C29H29N3O2S2. The summed E-state index contributed by atoms with van der Waals surface area (Å²) >= 11 is 2.92. The Morgan fingerprint density at radius 3 is 2.39 bits per heavy atom. The number of benzene rings is 3. The van der Waals surface area contributed by atoms with Crippen molar-refractivity contribution in [3.05, 3.63) is 95.4 Å². The van der Waals surface area contributed by atoms with Crippen molar-refractivity contribution >= 4 is 45.7 Å². The second-order valence-corrected chi connectivity index (χ2v) is 10.7. The molecule has 0 saturated heterocycles. The fraction of sp³-hybridized carbons (Fsp3) is 0.207. The van der Waals surface area contributed by atoms with Gasteiger partial charge in [-0.2, -0.15) is 0 Å². The molecule has 0 spiro atoms. The summed E-state index contributed by atoms with van der Waals surface area (Å²) < 4.78 is 0. The number of hydrogen-bond donors (Lipinski definition) is 2. The quantitative estimate of drug-likeness (QED) is 0.212. The van der Waals surface area contributed by atoms with E-state index in [0.717, 1.165) is 45.1 Å². The van der Waals surface area contributed by atoms with Crippen molar-refractivity contribution in [2.45, 2.75) is 43.3 Å². The normalized spacial score (nSPS) is 11.6. The van der Waals surface area contributed by atoms with Crippen molar-refractivity contribution in [2.24, 2.45) is 0 Å². The third-order valence-corrected chi connectivity index (χ3v) is 7.68. The minimum Gasteiger partial charge on any atom is -0.326 e. The molecule has 0 bridgehead atoms. The summed E-state index contributed by atoms with van der Waals surface area (Å²) in [7, 11) is 0. The second-order valence-electron chi connectivity index (χ2n) is 8.37. The number of rotatable bonds is 10. The first kappa shape index (κ1) is 25.7. The van der Waals surface area contributed by atoms with E-state index in [0.29, 0.717) is 11.6 Å². The van der Waals surface area contributed by atoms with Crippen LogP contribution in [0.3, 0.4) is 0 Å². The number of thioether (sulfide) groups is 1. The highest BCUT2D eigenvalue weighted by Crippen LogP contribution is 2.38. The van der Waals surface area contributed by atoms with Gasteiger partial charge in [-0.1, -0.05) is 80.1 Å². The molecule has 1 aromatic heterocycles. The van der Waals surface area contributed by atoms with E-state index in [2.05, 4.69) is 17.6 Å². The van der Waals surface area contributed by atoms with Gasteiger partial charge in [-0.15, -0.1) is 23.1 Å². The fourth-order valence-corrected chi connectivity index (χ4v) is 5.65. The standard InChI is InChI=1S/C29H29N3O2S2/c1-3-4-18-25(33)30-23-16-11-17-24(19-23)36-27(22-14-9-6-10-15-22)28(34)32-29-31-26(20(2)35-29)21-12-7-5-8-13-21/h5-17,19,27H,3-4,18H2,1-2H3,(H,30,33)(H,31,32,34). The lowest BCUT2D eigenvalue weighted by atomic mass is 10.1. The van der Waals surface area contributed by atoms with Crippen LogP contribution in [-0.4, -0.2) is 16.8 Å². The maximum atomic E-state index is 13.5. The Labute approximate surface area is 220 Å². The van der Waals surface area contributed by atoms with E-state index >= 15 is 0 Å². The molecule has 184 valence electrons. The van der Waals surface area contributed by atoms with Gasteiger partial charge in [-0.3, -0.25) is 9.59 Å². The molecule has 0 aliphatic carbocycles. The molecule has 0 radical (unpaired) electrons. The highest BCUT2D eigenvalue weighted by molar-refractivity contribution is 8.00. The first-order valence-electron chi connectivity index (χ1n) is 12.0. The van der Waals surface area contributed by atoms with Crippen LogP contribution in [0.5, 0.6) is 0 Å². The number of amides is 2. The summed E-state index contributed by atoms with van der Waals surface area (Å²) in [6.07, 6.45) is 2.34. The largest absolute Gasteiger partial charge is 0.326 e. The number of hydrogen-bond acceptors (Lipinski definition) is 5. The van der Waals surface area contributed by atoms with E-state index in [1.165, 1.54) is 23.1 Å². The number of carbonyl (C=O) groups excluding carboxylic acids is 2. The van der Waals surface area contributed by atoms with Crippen LogP contribution < -0.4 is 10.6 Å². The molecule has 0 fully saturated rings. The monoisotopic (exact) mass is 515 g/mol. The van der Waals surface area contributed by atoms with Crippen molar-refractivity contribution in [2.75, 3.05) is 10.6 Å². The molecule has 4 rings (SSSR count). The average molecular weight is 516 g/mol. The summed E-state index contributed by atoms with van der Waals surface area (Å²) in [5, 5.41) is 6.10. The molecule has 1 unspecified atom stereocenters. The van der Waals surface area contributed by atoms with E-state index in [4.69, 9.17) is 4.98 Å². The van der Waals surface area contributed by atoms with E-state index < -0.39 is 5.25 Å². The molecule has 2 amide bonds. The van der Waals surface area contributed by atoms with Gasteiger partial charge in [-0.25, -0.2) is 4.98 Å². The average Bonchev–Trinajstić information content (AvgIpc) is 3.26. The Hall–Kier alpha value is -3.42. The summed E-state index contributed by atoms with van der Waals surface area (Å²) in [6.45, 7) is 4.08. The van der Waals surface area contributed by atoms with Gasteiger partial charge in [0.05, 0.1) is 5.69 Å². The predicted molar refractivity (Wildman–Crippen MR) is 151 cm³/mol. The summed E-state index contributed by atoms with van der Waals surface area (Å²) in [5.74, 6) is -0.137. The third kappa shape index (κ3) is 6.83. The Morgan fingerprint density at radius 2 is 1.67 bits per heavy atom. The van der Waals surface area contributed by atoms with Crippen LogP contribution in [-0.2, 0) is 9.59 Å². The molecule has 0 aliphatic heterocycles. The molecule has 36 heavy (non-hydrogen) atoms. The number of nitrogens with one attached hydrogen (secondary N) is 2. The van der Waals surface area contributed by atoms with Crippen molar-refractivity contribution in [3.63, 3.8) is 0 Å². The van der Waals surface area contributed by atoms with Crippen LogP contribution in [0.2, 0.25) is 0 Å². The molecule has 3 aromatic carbocycles. The van der Waals surface area contributed by atoms with E-state index in [9.17, 15) is 9.59 Å². The van der Waals surface area contributed by atoms with Crippen molar-refractivity contribution in [1.82, 2.24) is 4.98 Å². The van der Waals surface area contributed by atoms with Crippen LogP contribution in [0.25, 0.3) is 11.3 Å². The summed E-state index contributed by atoms with van der Waals surface area (Å²) in [6, 6.07) is 27.3. The highest BCUT2D eigenvalue weighted by Gasteiger charge is 2.24. The SMILES string of the molecule is CCCCC(=O)Nc1cccc(SC(C(=O)Nc2nc(-c3ccccc3)c(C)s2)c2ccccc2)c1. The van der Waals surface area contributed by atoms with Crippen molar-refractivity contribution in [1.29, 1.82) is 0 Å². The number of thiazole rings is 1. The number of aryl methyl sites for hydroxylation is 1. The Bertz CT molecular complexity index is 1310. The van der Waals surface area contributed by atoms with Gasteiger partial charge in [0, 0.05) is 27.4 Å². The molecule has 1 atom stereocenters. The zero-order valence-electron chi connectivity index (χ0n) is 20.4. The maximum absolute atomic E-state index is 13.5. The zero-order valence-corrected chi connectivity index (χ0v) is 22.0. The van der Waals surface area contributed by atoms with Gasteiger partial charge in [0.2, 0.25) is 11.8 Å². The van der Waals surface area contributed by atoms with Crippen LogP contribution in [0.15, 0.2) is 89.8 Å². The van der Waals surface area contributed by atoms with E-state index in [1.807, 2.05) is 91.9 Å². The summed E-state index contributed by atoms with van der Waals surface area (Å²) in [4.78, 5) is 32.4. The molecule has 0 aliphatic rings. The topological polar surface area (TPSA) is 71.1 Å². The van der Waals surface area contributed by atoms with Gasteiger partial charge in [0.25, 0.3) is 0 Å². The Morgan fingerprint density at radius 1 is 0.944 bits per heavy atom. The molecule has 0 saturated carbocycles. The third-order valence-electron chi connectivity index (χ3n) is 5.54. The van der Waals surface area contributed by atoms with Gasteiger partial charge in [0.1, 0.15) is 5.25 Å². The molecule has 1 heterocycles. The highest BCUT2D eigenvalue weighted by atomic mass is 32.2. The minimum absolute atomic E-state index is 0.00436. The lowest BCUT2D eigenvalue weighted by Crippen LogP contribution is -2.19. The van der Waals surface area contributed by atoms with Crippen LogP contribution in [0.4, 0.5) is 10.8 Å². The van der Waals surface area contributed by atoms with E-state index in [-0.39, 0.29) is 11.8 Å². The molecule has 2 N–H and O–H groups in total. The molecule has 4 aromatic rings. The van der Waals surface area contributed by atoms with Crippen molar-refractivity contribution in [3.8, 4) is 11.3 Å². The summed E-state index contributed by atoms with van der Waals surface area (Å²) in [5.41, 5.74) is 3.54. The molecule has 5 nitrogen and oxygen atoms in total. The lowest BCUT2D eigenvalue weighted by Gasteiger charge is -2.17. The van der Waals surface area contributed by atoms with Gasteiger partial charge >= 0.3 is 0 Å². The smallest absolute Gasteiger partial charge is 0.244 e. The zero-order chi connectivity index (χ0) is 25.3. The van der Waals surface area contributed by atoms with Crippen LogP contribution >= 0.6 is 23.1 Å². The van der Waals surface area contributed by atoms with E-state index in [1.54, 1.807) is 0 Å². The first-order valence-corrected chi connectivity index (χ1v) is 13.7. The predicted octanol–water partition coefficient (Wildman–Crippen LogP) is 7.72. The first-order chi connectivity index (χ1) is 17.5. The van der Waals surface area contributed by atoms with Gasteiger partial charge < -0.3 is 10.6 Å². The molecule has 7 heteroatoms. The Kier molecular flexibility index (Phi) is 8.92. The van der Waals surface area contributed by atoms with Gasteiger partial charge in [0.15, 0.2) is 5.13 Å². The van der Waals surface area contributed by atoms with Crippen molar-refractivity contribution < 1.29 is 9.59 Å². The second kappa shape index (κ2) is 12.5. The van der Waals surface area contributed by atoms with Crippen LogP contribution in [0.1, 0.15) is 41.9 Å². The Balaban J connectivity index is 1.53. The van der Waals surface area contributed by atoms with Crippen LogP contribution in [0, 0.1) is 6.92 Å².